The van der Waals surface area contributed by atoms with Gasteiger partial charge in [0.1, 0.15) is 11.4 Å². The van der Waals surface area contributed by atoms with Crippen molar-refractivity contribution < 1.29 is 13.2 Å². The van der Waals surface area contributed by atoms with Gasteiger partial charge in [0.25, 0.3) is 0 Å². The highest BCUT2D eigenvalue weighted by Crippen LogP contribution is 2.33. The molecule has 0 saturated carbocycles. The molecule has 8 heteroatoms. The molecule has 30 heavy (non-hydrogen) atoms. The summed E-state index contributed by atoms with van der Waals surface area (Å²) < 4.78 is 33.6. The van der Waals surface area contributed by atoms with Gasteiger partial charge in [0.15, 0.2) is 0 Å². The summed E-state index contributed by atoms with van der Waals surface area (Å²) in [5.74, 6) is 0.443. The van der Waals surface area contributed by atoms with Crippen LogP contribution in [-0.2, 0) is 9.84 Å². The van der Waals surface area contributed by atoms with E-state index in [1.807, 2.05) is 31.2 Å². The molecule has 0 atom stereocenters. The fourth-order valence-electron chi connectivity index (χ4n) is 3.08. The number of ether oxygens (including phenoxy) is 1. The Bertz CT molecular complexity index is 1300. The predicted molar refractivity (Wildman–Crippen MR) is 114 cm³/mol. The maximum absolute atomic E-state index is 13.5. The van der Waals surface area contributed by atoms with Crippen molar-refractivity contribution in [1.82, 2.24) is 15.0 Å². The van der Waals surface area contributed by atoms with Gasteiger partial charge in [0, 0.05) is 11.3 Å². The topological polar surface area (TPSA) is 100 Å². The molecule has 0 aliphatic rings. The number of nitrogens with two attached hydrogens (primary N) is 1. The van der Waals surface area contributed by atoms with Crippen LogP contribution in [0, 0.1) is 6.92 Å². The molecule has 0 aliphatic heterocycles. The number of anilines is 1. The lowest BCUT2D eigenvalue weighted by Crippen LogP contribution is -2.06. The molecule has 0 saturated heterocycles. The zero-order valence-corrected chi connectivity index (χ0v) is 17.3. The summed E-state index contributed by atoms with van der Waals surface area (Å²) >= 11 is 0. The highest BCUT2D eigenvalue weighted by molar-refractivity contribution is 7.91. The van der Waals surface area contributed by atoms with Crippen molar-refractivity contribution in [2.75, 3.05) is 12.8 Å². The minimum absolute atomic E-state index is 0.0829. The predicted octanol–water partition coefficient (Wildman–Crippen LogP) is 3.67. The minimum Gasteiger partial charge on any atom is -0.497 e. The fourth-order valence-corrected chi connectivity index (χ4v) is 4.44. The third-order valence-electron chi connectivity index (χ3n) is 4.71. The van der Waals surface area contributed by atoms with Gasteiger partial charge in [-0.3, -0.25) is 0 Å². The maximum atomic E-state index is 13.5. The van der Waals surface area contributed by atoms with Crippen molar-refractivity contribution in [3.05, 3.63) is 78.4 Å². The van der Waals surface area contributed by atoms with Crippen LogP contribution in [-0.4, -0.2) is 30.5 Å². The van der Waals surface area contributed by atoms with Crippen LogP contribution in [0.4, 0.5) is 5.69 Å². The van der Waals surface area contributed by atoms with Gasteiger partial charge in [0.05, 0.1) is 17.7 Å². The van der Waals surface area contributed by atoms with Crippen LogP contribution in [0.3, 0.4) is 0 Å². The second-order valence-electron chi connectivity index (χ2n) is 6.79. The Labute approximate surface area is 174 Å². The number of rotatable bonds is 5. The lowest BCUT2D eigenvalue weighted by atomic mass is 10.1. The van der Waals surface area contributed by atoms with Crippen molar-refractivity contribution >= 4 is 15.5 Å². The molecule has 1 aromatic heterocycles. The number of nitrogens with zero attached hydrogens (tertiary/aromatic N) is 3. The van der Waals surface area contributed by atoms with Crippen molar-refractivity contribution in [2.45, 2.75) is 16.8 Å². The Morgan fingerprint density at radius 2 is 1.67 bits per heavy atom. The molecule has 152 valence electrons. The van der Waals surface area contributed by atoms with Gasteiger partial charge in [-0.1, -0.05) is 41.1 Å². The first-order chi connectivity index (χ1) is 14.4. The summed E-state index contributed by atoms with van der Waals surface area (Å²) in [7, 11) is -2.47. The van der Waals surface area contributed by atoms with Crippen LogP contribution in [0.1, 0.15) is 5.56 Å². The molecule has 3 aromatic carbocycles. The van der Waals surface area contributed by atoms with E-state index in [0.29, 0.717) is 28.4 Å². The van der Waals surface area contributed by atoms with Crippen LogP contribution in [0.5, 0.6) is 5.75 Å². The molecular formula is C22H20N4O3S. The Morgan fingerprint density at radius 3 is 2.33 bits per heavy atom. The molecule has 1 heterocycles. The van der Waals surface area contributed by atoms with Gasteiger partial charge < -0.3 is 10.5 Å². The lowest BCUT2D eigenvalue weighted by molar-refractivity contribution is 0.413. The Hall–Kier alpha value is -3.65. The number of hydrogen-bond donors (Lipinski definition) is 1. The summed E-state index contributed by atoms with van der Waals surface area (Å²) in [5.41, 5.74) is 9.16. The Kier molecular flexibility index (Phi) is 5.01. The number of benzene rings is 3. The Balaban J connectivity index is 1.96. The molecule has 0 fully saturated rings. The first-order valence-electron chi connectivity index (χ1n) is 9.18. The molecule has 0 amide bonds. The first-order valence-corrected chi connectivity index (χ1v) is 10.7. The number of hydrogen-bond acceptors (Lipinski definition) is 6. The molecule has 0 unspecified atom stereocenters. The summed E-state index contributed by atoms with van der Waals surface area (Å²) in [6.45, 7) is 1.97. The summed E-state index contributed by atoms with van der Waals surface area (Å²) in [6, 6.07) is 20.8. The Morgan fingerprint density at radius 1 is 0.967 bits per heavy atom. The van der Waals surface area contributed by atoms with Gasteiger partial charge in [-0.25, -0.2) is 13.1 Å². The molecule has 4 rings (SSSR count). The van der Waals surface area contributed by atoms with Crippen LogP contribution in [0.2, 0.25) is 0 Å². The SMILES string of the molecule is COc1cccc(S(=O)(=O)c2nnn(-c3ccc(N)cc3)c2-c2ccc(C)cc2)c1. The number of aryl methyl sites for hydroxylation is 1. The molecule has 0 radical (unpaired) electrons. The zero-order chi connectivity index (χ0) is 21.3. The first kappa shape index (κ1) is 19.7. The van der Waals surface area contributed by atoms with Crippen molar-refractivity contribution in [3.63, 3.8) is 0 Å². The molecule has 2 N–H and O–H groups in total. The monoisotopic (exact) mass is 420 g/mol. The number of sulfone groups is 1. The van der Waals surface area contributed by atoms with Gasteiger partial charge in [-0.05, 0) is 49.4 Å². The number of aromatic nitrogens is 3. The van der Waals surface area contributed by atoms with Crippen LogP contribution in [0.15, 0.2) is 82.7 Å². The third kappa shape index (κ3) is 3.53. The van der Waals surface area contributed by atoms with Crippen LogP contribution >= 0.6 is 0 Å². The summed E-state index contributed by atoms with van der Waals surface area (Å²) in [6.07, 6.45) is 0. The van der Waals surface area contributed by atoms with Gasteiger partial charge in [-0.2, -0.15) is 0 Å². The molecule has 4 aromatic rings. The maximum Gasteiger partial charge on any atom is 0.228 e. The lowest BCUT2D eigenvalue weighted by Gasteiger charge is -2.10. The molecule has 0 spiro atoms. The normalized spacial score (nSPS) is 11.4. The number of methoxy groups -OCH3 is 1. The second kappa shape index (κ2) is 7.64. The van der Waals surface area contributed by atoms with Gasteiger partial charge >= 0.3 is 0 Å². The van der Waals surface area contributed by atoms with Gasteiger partial charge in [0.2, 0.25) is 14.9 Å². The van der Waals surface area contributed by atoms with E-state index in [4.69, 9.17) is 10.5 Å². The quantitative estimate of drug-likeness (QED) is 0.495. The highest BCUT2D eigenvalue weighted by atomic mass is 32.2. The van der Waals surface area contributed by atoms with E-state index in [0.717, 1.165) is 5.56 Å². The van der Waals surface area contributed by atoms with E-state index < -0.39 is 9.84 Å². The molecular weight excluding hydrogens is 400 g/mol. The molecule has 0 aliphatic carbocycles. The van der Waals surface area contributed by atoms with Gasteiger partial charge in [-0.15, -0.1) is 5.10 Å². The molecule has 7 nitrogen and oxygen atoms in total. The van der Waals surface area contributed by atoms with Crippen LogP contribution < -0.4 is 10.5 Å². The standard InChI is InChI=1S/C22H20N4O3S/c1-15-6-8-16(9-7-15)21-22(24-25-26(21)18-12-10-17(23)11-13-18)30(27,28)20-5-3-4-19(14-20)29-2/h3-14H,23H2,1-2H3. The summed E-state index contributed by atoms with van der Waals surface area (Å²) in [5, 5.41) is 8.11. The zero-order valence-electron chi connectivity index (χ0n) is 16.5. The average Bonchev–Trinajstić information content (AvgIpc) is 3.21. The van der Waals surface area contributed by atoms with Crippen molar-refractivity contribution in [2.24, 2.45) is 0 Å². The smallest absolute Gasteiger partial charge is 0.228 e. The van der Waals surface area contributed by atoms with E-state index in [9.17, 15) is 8.42 Å². The average molecular weight is 420 g/mol. The van der Waals surface area contributed by atoms with E-state index >= 15 is 0 Å². The van der Waals surface area contributed by atoms with E-state index in [2.05, 4.69) is 10.3 Å². The minimum atomic E-state index is -3.95. The summed E-state index contributed by atoms with van der Waals surface area (Å²) in [4.78, 5) is 0.0829. The third-order valence-corrected chi connectivity index (χ3v) is 6.37. The fraction of sp³-hybridized carbons (Fsp3) is 0.0909. The number of nitrogen functional groups attached to an aromatic ring is 1. The van der Waals surface area contributed by atoms with Crippen molar-refractivity contribution in [1.29, 1.82) is 0 Å². The van der Waals surface area contributed by atoms with Crippen LogP contribution in [0.25, 0.3) is 16.9 Å². The van der Waals surface area contributed by atoms with E-state index in [1.54, 1.807) is 36.4 Å². The van der Waals surface area contributed by atoms with Crippen molar-refractivity contribution in [3.8, 4) is 22.7 Å². The van der Waals surface area contributed by atoms with E-state index in [-0.39, 0.29) is 9.92 Å². The molecule has 0 bridgehead atoms. The second-order valence-corrected chi connectivity index (χ2v) is 8.66. The van der Waals surface area contributed by atoms with E-state index in [1.165, 1.54) is 23.9 Å². The highest BCUT2D eigenvalue weighted by Gasteiger charge is 2.29. The largest absolute Gasteiger partial charge is 0.497 e.